The summed E-state index contributed by atoms with van der Waals surface area (Å²) in [6, 6.07) is 9.78. The number of ether oxygens (including phenoxy) is 2. The van der Waals surface area contributed by atoms with Crippen LogP contribution in [0.3, 0.4) is 0 Å². The monoisotopic (exact) mass is 990 g/mol. The Hall–Kier alpha value is -6.58. The van der Waals surface area contributed by atoms with E-state index in [-0.39, 0.29) is 50.3 Å². The van der Waals surface area contributed by atoms with Crippen molar-refractivity contribution in [3.63, 3.8) is 0 Å². The van der Waals surface area contributed by atoms with Crippen molar-refractivity contribution in [1.82, 2.24) is 10.4 Å². The molecule has 364 valence electrons. The highest BCUT2D eigenvalue weighted by Crippen LogP contribution is 2.64. The number of rotatable bonds is 14. The van der Waals surface area contributed by atoms with E-state index in [1.807, 2.05) is 5.32 Å². The number of phenolic OH excluding ortho intramolecular Hbond substituents is 2. The van der Waals surface area contributed by atoms with Gasteiger partial charge in [-0.3, -0.25) is 14.4 Å². The van der Waals surface area contributed by atoms with Gasteiger partial charge in [0.05, 0.1) is 11.5 Å². The topological polar surface area (TPSA) is 169 Å². The molecule has 1 saturated heterocycles. The Balaban J connectivity index is 1.30. The fraction of sp³-hybridized carbons (Fsp3) is 0.395. The highest BCUT2D eigenvalue weighted by atomic mass is 19.4. The highest BCUT2D eigenvalue weighted by Gasteiger charge is 2.95. The summed E-state index contributed by atoms with van der Waals surface area (Å²) in [7, 11) is 0. The fourth-order valence-corrected chi connectivity index (χ4v) is 6.99. The molecular formula is C38H23F17N2O10. The van der Waals surface area contributed by atoms with Crippen molar-refractivity contribution in [3.05, 3.63) is 82.4 Å². The lowest BCUT2D eigenvalue weighted by Gasteiger charge is -2.43. The summed E-state index contributed by atoms with van der Waals surface area (Å²) in [5, 5.41) is 21.8. The molecule has 1 unspecified atom stereocenters. The number of fused-ring (bicyclic) bond motifs is 6. The molecule has 6 rings (SSSR count). The lowest BCUT2D eigenvalue weighted by molar-refractivity contribution is -0.461. The molecule has 3 amide bonds. The summed E-state index contributed by atoms with van der Waals surface area (Å²) in [6.45, 7) is -1.51. The van der Waals surface area contributed by atoms with Crippen molar-refractivity contribution < 1.29 is 123 Å². The van der Waals surface area contributed by atoms with Gasteiger partial charge in [-0.25, -0.2) is 9.59 Å². The first-order valence-corrected chi connectivity index (χ1v) is 18.3. The van der Waals surface area contributed by atoms with E-state index >= 15 is 0 Å². The standard InChI is InChI=1S/C38H23F17N2O10/c39-30(40,32(41,42)33(43,44)34(45,46)35(47,48)36(49,50)37(51,52)38(53,54)55)10-9-16(28(63)67-57-25(60)7-8-26(57)61)14-56-27(62)15-1-4-19-22(11-15)31(66-29(19)64)20-5-2-17(58)12-23(20)65-24-13-18(59)3-6-21(24)31/h1-6,11-13,16,58-59H,7-10,14H2,(H,56,62). The number of amides is 3. The van der Waals surface area contributed by atoms with Gasteiger partial charge < -0.3 is 29.8 Å². The Labute approximate surface area is 360 Å². The van der Waals surface area contributed by atoms with Crippen molar-refractivity contribution in [1.29, 1.82) is 0 Å². The molecule has 3 N–H and O–H groups in total. The number of halogens is 17. The molecule has 3 aliphatic heterocycles. The van der Waals surface area contributed by atoms with Crippen LogP contribution in [-0.2, 0) is 29.6 Å². The van der Waals surface area contributed by atoms with Crippen LogP contribution < -0.4 is 10.1 Å². The number of hydrogen-bond acceptors (Lipinski definition) is 10. The fourth-order valence-electron chi connectivity index (χ4n) is 6.99. The van der Waals surface area contributed by atoms with Gasteiger partial charge in [-0.2, -0.15) is 74.6 Å². The number of imide groups is 1. The van der Waals surface area contributed by atoms with Gasteiger partial charge in [0, 0.05) is 60.2 Å². The molecule has 3 heterocycles. The van der Waals surface area contributed by atoms with Gasteiger partial charge in [0.15, 0.2) is 5.60 Å². The van der Waals surface area contributed by atoms with Crippen LogP contribution in [0.15, 0.2) is 54.6 Å². The summed E-state index contributed by atoms with van der Waals surface area (Å²) >= 11 is 0. The number of alkyl halides is 17. The Morgan fingerprint density at radius 2 is 1.13 bits per heavy atom. The molecule has 1 spiro atoms. The number of aromatic hydroxyl groups is 2. The number of phenols is 2. The molecule has 0 saturated carbocycles. The molecular weight excluding hydrogens is 967 g/mol. The first kappa shape index (κ1) is 49.8. The SMILES string of the molecule is O=C(NCC(CCC(F)(F)C(F)(F)C(F)(F)C(F)(F)C(F)(F)C(F)(F)C(F)(F)C(F)(F)F)C(=O)ON1C(=O)CCC1=O)c1ccc2c(c1)C1(OC2=O)c2ccc(O)cc2Oc2cc(O)ccc21. The maximum absolute atomic E-state index is 15.0. The third-order valence-corrected chi connectivity index (χ3v) is 10.7. The van der Waals surface area contributed by atoms with E-state index in [1.165, 1.54) is 12.1 Å². The molecule has 0 bridgehead atoms. The van der Waals surface area contributed by atoms with Crippen LogP contribution in [0.4, 0.5) is 74.6 Å². The third-order valence-electron chi connectivity index (χ3n) is 10.7. The first-order valence-electron chi connectivity index (χ1n) is 18.3. The lowest BCUT2D eigenvalue weighted by Crippen LogP contribution is -2.74. The quantitative estimate of drug-likeness (QED) is 0.0811. The maximum atomic E-state index is 15.0. The number of nitrogens with one attached hydrogen (secondary N) is 1. The van der Waals surface area contributed by atoms with E-state index < -0.39 is 127 Å². The van der Waals surface area contributed by atoms with Crippen molar-refractivity contribution >= 4 is 29.7 Å². The van der Waals surface area contributed by atoms with Gasteiger partial charge in [-0.1, -0.05) is 0 Å². The van der Waals surface area contributed by atoms with E-state index in [2.05, 4.69) is 4.84 Å². The molecule has 12 nitrogen and oxygen atoms in total. The lowest BCUT2D eigenvalue weighted by atomic mass is 9.77. The second kappa shape index (κ2) is 15.8. The van der Waals surface area contributed by atoms with E-state index in [9.17, 15) is 109 Å². The van der Waals surface area contributed by atoms with E-state index in [4.69, 9.17) is 9.47 Å². The smallest absolute Gasteiger partial charge is 0.460 e. The van der Waals surface area contributed by atoms with Crippen LogP contribution in [0.5, 0.6) is 23.0 Å². The predicted molar refractivity (Wildman–Crippen MR) is 181 cm³/mol. The van der Waals surface area contributed by atoms with Crippen LogP contribution in [0.1, 0.15) is 63.1 Å². The third kappa shape index (κ3) is 7.43. The Morgan fingerprint density at radius 1 is 0.657 bits per heavy atom. The van der Waals surface area contributed by atoms with Crippen LogP contribution in [0, 0.1) is 5.92 Å². The summed E-state index contributed by atoms with van der Waals surface area (Å²) in [5.41, 5.74) is -2.96. The number of esters is 1. The summed E-state index contributed by atoms with van der Waals surface area (Å²) < 4.78 is 248. The Kier molecular flexibility index (Phi) is 11.7. The minimum absolute atomic E-state index is 0.0136. The van der Waals surface area contributed by atoms with Crippen molar-refractivity contribution in [2.75, 3.05) is 6.54 Å². The molecule has 0 aromatic heterocycles. The number of carbonyl (C=O) groups excluding carboxylic acids is 5. The number of benzene rings is 3. The average molecular weight is 991 g/mol. The van der Waals surface area contributed by atoms with Gasteiger partial charge in [-0.15, -0.1) is 5.06 Å². The van der Waals surface area contributed by atoms with Gasteiger partial charge >= 0.3 is 59.6 Å². The number of hydrogen-bond donors (Lipinski definition) is 3. The van der Waals surface area contributed by atoms with E-state index in [0.717, 1.165) is 42.5 Å². The average Bonchev–Trinajstić information content (AvgIpc) is 3.69. The molecule has 1 atom stereocenters. The molecule has 0 aliphatic carbocycles. The Morgan fingerprint density at radius 3 is 1.63 bits per heavy atom. The summed E-state index contributed by atoms with van der Waals surface area (Å²) in [5.74, 6) is -69.5. The predicted octanol–water partition coefficient (Wildman–Crippen LogP) is 8.41. The summed E-state index contributed by atoms with van der Waals surface area (Å²) in [4.78, 5) is 68.5. The largest absolute Gasteiger partial charge is 0.508 e. The molecule has 3 aromatic rings. The Bertz CT molecular complexity index is 2500. The molecule has 0 radical (unpaired) electrons. The van der Waals surface area contributed by atoms with Crippen LogP contribution in [-0.4, -0.2) is 99.1 Å². The van der Waals surface area contributed by atoms with Crippen molar-refractivity contribution in [2.45, 2.75) is 78.9 Å². The zero-order valence-electron chi connectivity index (χ0n) is 32.3. The highest BCUT2D eigenvalue weighted by molar-refractivity contribution is 6.02. The zero-order chi connectivity index (χ0) is 50.5. The van der Waals surface area contributed by atoms with E-state index in [1.54, 1.807) is 0 Å². The number of hydroxylamine groups is 2. The van der Waals surface area contributed by atoms with Crippen molar-refractivity contribution in [2.24, 2.45) is 5.92 Å². The second-order valence-electron chi connectivity index (χ2n) is 14.9. The second-order valence-corrected chi connectivity index (χ2v) is 14.9. The van der Waals surface area contributed by atoms with Gasteiger partial charge in [0.2, 0.25) is 0 Å². The molecule has 67 heavy (non-hydrogen) atoms. The zero-order valence-corrected chi connectivity index (χ0v) is 32.3. The minimum atomic E-state index is -8.88. The van der Waals surface area contributed by atoms with Gasteiger partial charge in [0.1, 0.15) is 23.0 Å². The van der Waals surface area contributed by atoms with E-state index in [0.29, 0.717) is 0 Å². The number of nitrogens with zero attached hydrogens (tertiary/aromatic N) is 1. The maximum Gasteiger partial charge on any atom is 0.460 e. The summed E-state index contributed by atoms with van der Waals surface area (Å²) in [6.07, 6.45) is -14.5. The minimum Gasteiger partial charge on any atom is -0.508 e. The normalized spacial score (nSPS) is 17.1. The molecule has 3 aliphatic rings. The molecule has 1 fully saturated rings. The van der Waals surface area contributed by atoms with Crippen LogP contribution >= 0.6 is 0 Å². The first-order chi connectivity index (χ1) is 30.5. The van der Waals surface area contributed by atoms with Crippen LogP contribution in [0.2, 0.25) is 0 Å². The van der Waals surface area contributed by atoms with Crippen molar-refractivity contribution in [3.8, 4) is 23.0 Å². The van der Waals surface area contributed by atoms with Crippen LogP contribution in [0.25, 0.3) is 0 Å². The molecule has 29 heteroatoms. The van der Waals surface area contributed by atoms with Gasteiger partial charge in [0.25, 0.3) is 17.7 Å². The molecule has 3 aromatic carbocycles. The van der Waals surface area contributed by atoms with Gasteiger partial charge in [-0.05, 0) is 48.9 Å². The number of carbonyl (C=O) groups is 5.